The van der Waals surface area contributed by atoms with Crippen LogP contribution in [0.15, 0.2) is 36.4 Å². The highest BCUT2D eigenvalue weighted by Gasteiger charge is 2.29. The van der Waals surface area contributed by atoms with Crippen molar-refractivity contribution in [2.45, 2.75) is 19.4 Å². The average Bonchev–Trinajstić information content (AvgIpc) is 3.23. The topological polar surface area (TPSA) is 57.2 Å². The molecule has 0 saturated carbocycles. The minimum absolute atomic E-state index is 0.0510. The van der Waals surface area contributed by atoms with Gasteiger partial charge in [-0.05, 0) is 37.6 Å². The highest BCUT2D eigenvalue weighted by molar-refractivity contribution is 6.00. The Hall–Kier alpha value is -2.73. The number of ketones is 1. The van der Waals surface area contributed by atoms with Gasteiger partial charge in [0, 0.05) is 30.6 Å². The lowest BCUT2D eigenvalue weighted by Crippen LogP contribution is -2.38. The Bertz CT molecular complexity index is 866. The molecule has 6 nitrogen and oxygen atoms in total. The van der Waals surface area contributed by atoms with Crippen molar-refractivity contribution in [2.24, 2.45) is 5.92 Å². The van der Waals surface area contributed by atoms with Gasteiger partial charge >= 0.3 is 0 Å². The average molecular weight is 383 g/mol. The van der Waals surface area contributed by atoms with Crippen LogP contribution in [-0.4, -0.2) is 44.8 Å². The van der Waals surface area contributed by atoms with Gasteiger partial charge in [0.25, 0.3) is 0 Å². The summed E-state index contributed by atoms with van der Waals surface area (Å²) in [4.78, 5) is 15.5. The lowest BCUT2D eigenvalue weighted by Gasteiger charge is -2.32. The summed E-state index contributed by atoms with van der Waals surface area (Å²) in [6, 6.07) is 11.3. The largest absolute Gasteiger partial charge is 0.497 e. The zero-order valence-corrected chi connectivity index (χ0v) is 16.3. The Morgan fingerprint density at radius 3 is 2.89 bits per heavy atom. The van der Waals surface area contributed by atoms with E-state index in [2.05, 4.69) is 11.0 Å². The van der Waals surface area contributed by atoms with Crippen LogP contribution in [0, 0.1) is 5.92 Å². The zero-order chi connectivity index (χ0) is 19.5. The molecule has 1 saturated heterocycles. The van der Waals surface area contributed by atoms with Crippen molar-refractivity contribution in [3.63, 3.8) is 0 Å². The second kappa shape index (κ2) is 8.10. The predicted molar refractivity (Wildman–Crippen MR) is 104 cm³/mol. The molecule has 0 bridgehead atoms. The van der Waals surface area contributed by atoms with Gasteiger partial charge in [0.05, 0.1) is 19.8 Å². The summed E-state index contributed by atoms with van der Waals surface area (Å²) in [6.07, 6.45) is 1.87. The smallest absolute Gasteiger partial charge is 0.231 e. The Labute approximate surface area is 165 Å². The number of carbonyl (C=O) groups excluding carboxylic acids is 1. The van der Waals surface area contributed by atoms with Crippen LogP contribution in [0.25, 0.3) is 0 Å². The maximum Gasteiger partial charge on any atom is 0.231 e. The molecule has 1 atom stereocenters. The Balaban J connectivity index is 1.48. The van der Waals surface area contributed by atoms with Gasteiger partial charge in [-0.25, -0.2) is 0 Å². The van der Waals surface area contributed by atoms with Crippen LogP contribution in [-0.2, 0) is 6.54 Å². The molecule has 2 aromatic rings. The molecule has 6 heteroatoms. The van der Waals surface area contributed by atoms with Gasteiger partial charge in [0.1, 0.15) is 11.5 Å². The van der Waals surface area contributed by atoms with E-state index < -0.39 is 0 Å². The number of fused-ring (bicyclic) bond motifs is 1. The summed E-state index contributed by atoms with van der Waals surface area (Å²) in [5.74, 6) is 2.94. The minimum Gasteiger partial charge on any atom is -0.497 e. The van der Waals surface area contributed by atoms with E-state index >= 15 is 0 Å². The standard InChI is InChI=1S/C22H25NO5/c1-25-17-8-9-18(20(11-17)26-2)21(24)15-6-4-10-23(12-15)13-16-5-3-7-19-22(16)28-14-27-19/h3,5,7-9,11,15H,4,6,10,12-14H2,1-2H3/t15-/m0/s1. The predicted octanol–water partition coefficient (Wildman–Crippen LogP) is 3.53. The number of Topliss-reactive ketones (excluding diaryl/α,β-unsaturated/α-hetero) is 1. The van der Waals surface area contributed by atoms with E-state index in [1.54, 1.807) is 32.4 Å². The maximum absolute atomic E-state index is 13.2. The van der Waals surface area contributed by atoms with Gasteiger partial charge in [-0.3, -0.25) is 9.69 Å². The molecule has 0 spiro atoms. The Morgan fingerprint density at radius 2 is 2.07 bits per heavy atom. The maximum atomic E-state index is 13.2. The summed E-state index contributed by atoms with van der Waals surface area (Å²) >= 11 is 0. The summed E-state index contributed by atoms with van der Waals surface area (Å²) in [5, 5.41) is 0. The monoisotopic (exact) mass is 383 g/mol. The molecule has 2 heterocycles. The summed E-state index contributed by atoms with van der Waals surface area (Å²) in [6.45, 7) is 2.70. The van der Waals surface area contributed by atoms with Crippen LogP contribution >= 0.6 is 0 Å². The summed E-state index contributed by atoms with van der Waals surface area (Å²) in [5.41, 5.74) is 1.72. The van der Waals surface area contributed by atoms with Gasteiger partial charge in [0.2, 0.25) is 6.79 Å². The first-order chi connectivity index (χ1) is 13.7. The molecule has 0 aliphatic carbocycles. The zero-order valence-electron chi connectivity index (χ0n) is 16.3. The van der Waals surface area contributed by atoms with Crippen molar-refractivity contribution in [3.05, 3.63) is 47.5 Å². The fraction of sp³-hybridized carbons (Fsp3) is 0.409. The fourth-order valence-electron chi connectivity index (χ4n) is 3.99. The van der Waals surface area contributed by atoms with E-state index in [-0.39, 0.29) is 18.5 Å². The first kappa shape index (κ1) is 18.6. The van der Waals surface area contributed by atoms with Crippen LogP contribution in [0.2, 0.25) is 0 Å². The molecule has 2 aliphatic heterocycles. The van der Waals surface area contributed by atoms with E-state index in [1.807, 2.05) is 12.1 Å². The molecule has 2 aliphatic rings. The number of benzene rings is 2. The number of piperidine rings is 1. The minimum atomic E-state index is -0.0510. The van der Waals surface area contributed by atoms with Crippen molar-refractivity contribution in [2.75, 3.05) is 34.1 Å². The van der Waals surface area contributed by atoms with Crippen molar-refractivity contribution >= 4 is 5.78 Å². The molecule has 0 aromatic heterocycles. The first-order valence-electron chi connectivity index (χ1n) is 9.55. The SMILES string of the molecule is COc1ccc(C(=O)[C@H]2CCCN(Cc3cccc4c3OCO4)C2)c(OC)c1. The second-order valence-electron chi connectivity index (χ2n) is 7.16. The third-order valence-corrected chi connectivity index (χ3v) is 5.42. The van der Waals surface area contributed by atoms with Crippen molar-refractivity contribution < 1.29 is 23.7 Å². The van der Waals surface area contributed by atoms with Crippen molar-refractivity contribution in [3.8, 4) is 23.0 Å². The van der Waals surface area contributed by atoms with E-state index in [9.17, 15) is 4.79 Å². The second-order valence-corrected chi connectivity index (χ2v) is 7.16. The number of para-hydroxylation sites is 1. The van der Waals surface area contributed by atoms with Crippen LogP contribution in [0.5, 0.6) is 23.0 Å². The van der Waals surface area contributed by atoms with Crippen molar-refractivity contribution in [1.29, 1.82) is 0 Å². The highest BCUT2D eigenvalue weighted by atomic mass is 16.7. The van der Waals surface area contributed by atoms with E-state index in [0.29, 0.717) is 17.1 Å². The molecule has 148 valence electrons. The molecule has 2 aromatic carbocycles. The molecule has 0 radical (unpaired) electrons. The molecule has 1 fully saturated rings. The molecular formula is C22H25NO5. The lowest BCUT2D eigenvalue weighted by atomic mass is 9.89. The van der Waals surface area contributed by atoms with Crippen LogP contribution < -0.4 is 18.9 Å². The molecule has 4 rings (SSSR count). The number of hydrogen-bond donors (Lipinski definition) is 0. The van der Waals surface area contributed by atoms with E-state index in [0.717, 1.165) is 49.5 Å². The highest BCUT2D eigenvalue weighted by Crippen LogP contribution is 2.37. The normalized spacial score (nSPS) is 18.7. The van der Waals surface area contributed by atoms with Gasteiger partial charge in [-0.1, -0.05) is 12.1 Å². The number of rotatable bonds is 6. The van der Waals surface area contributed by atoms with Crippen LogP contribution in [0.3, 0.4) is 0 Å². The van der Waals surface area contributed by atoms with Crippen LogP contribution in [0.1, 0.15) is 28.8 Å². The number of hydrogen-bond acceptors (Lipinski definition) is 6. The van der Waals surface area contributed by atoms with Gasteiger partial charge in [-0.2, -0.15) is 0 Å². The van der Waals surface area contributed by atoms with E-state index in [1.165, 1.54) is 0 Å². The summed E-state index contributed by atoms with van der Waals surface area (Å²) in [7, 11) is 3.18. The molecular weight excluding hydrogens is 358 g/mol. The number of ether oxygens (including phenoxy) is 4. The Morgan fingerprint density at radius 1 is 1.18 bits per heavy atom. The van der Waals surface area contributed by atoms with Gasteiger partial charge in [0.15, 0.2) is 17.3 Å². The number of methoxy groups -OCH3 is 2. The molecule has 0 N–H and O–H groups in total. The van der Waals surface area contributed by atoms with Gasteiger partial charge in [-0.15, -0.1) is 0 Å². The number of likely N-dealkylation sites (tertiary alicyclic amines) is 1. The number of carbonyl (C=O) groups is 1. The number of nitrogens with zero attached hydrogens (tertiary/aromatic N) is 1. The fourth-order valence-corrected chi connectivity index (χ4v) is 3.99. The third kappa shape index (κ3) is 3.64. The molecule has 0 amide bonds. The molecule has 0 unspecified atom stereocenters. The quantitative estimate of drug-likeness (QED) is 0.712. The Kier molecular flexibility index (Phi) is 5.39. The lowest BCUT2D eigenvalue weighted by molar-refractivity contribution is 0.0807. The van der Waals surface area contributed by atoms with Crippen molar-refractivity contribution in [1.82, 2.24) is 4.90 Å². The third-order valence-electron chi connectivity index (χ3n) is 5.42. The van der Waals surface area contributed by atoms with E-state index in [4.69, 9.17) is 18.9 Å². The van der Waals surface area contributed by atoms with Gasteiger partial charge < -0.3 is 18.9 Å². The van der Waals surface area contributed by atoms with Crippen LogP contribution in [0.4, 0.5) is 0 Å². The summed E-state index contributed by atoms with van der Waals surface area (Å²) < 4.78 is 21.8. The first-order valence-corrected chi connectivity index (χ1v) is 9.55. The molecule has 28 heavy (non-hydrogen) atoms.